The quantitative estimate of drug-likeness (QED) is 0.428. The van der Waals surface area contributed by atoms with Crippen LogP contribution in [0.5, 0.6) is 5.75 Å². The molecule has 1 fully saturated rings. The van der Waals surface area contributed by atoms with Crippen molar-refractivity contribution in [1.29, 1.82) is 0 Å². The Bertz CT molecular complexity index is 1400. The predicted octanol–water partition coefficient (Wildman–Crippen LogP) is 2.38. The second-order valence-corrected chi connectivity index (χ2v) is 12.0. The molecular formula is C20H21N5O6S3. The number of amides is 1. The molecule has 3 aromatic rings. The van der Waals surface area contributed by atoms with Crippen molar-refractivity contribution < 1.29 is 26.4 Å². The van der Waals surface area contributed by atoms with Crippen LogP contribution in [-0.4, -0.2) is 57.4 Å². The fourth-order valence-electron chi connectivity index (χ4n) is 3.32. The van der Waals surface area contributed by atoms with Crippen LogP contribution < -0.4 is 14.8 Å². The average molecular weight is 524 g/mol. The van der Waals surface area contributed by atoms with Crippen LogP contribution >= 0.6 is 11.3 Å². The van der Waals surface area contributed by atoms with Gasteiger partial charge in [0.15, 0.2) is 0 Å². The van der Waals surface area contributed by atoms with E-state index in [1.807, 2.05) is 0 Å². The van der Waals surface area contributed by atoms with Crippen LogP contribution in [0.4, 0.5) is 10.8 Å². The Labute approximate surface area is 200 Å². The molecule has 1 saturated heterocycles. The van der Waals surface area contributed by atoms with Gasteiger partial charge in [0, 0.05) is 18.7 Å². The standard InChI is InChI=1S/C20H21N5O6S3/c1-31-17-10-9-15(34(29,30)25-11-5-6-12-25)13-16(17)24-33(27,28)20-23-22-19(32-20)21-18(26)14-7-3-2-4-8-14/h2-4,7-10,13,24H,5-6,11-12H2,1H3,(H,21,22,26). The first-order valence-electron chi connectivity index (χ1n) is 10.1. The number of hydrogen-bond acceptors (Lipinski definition) is 9. The smallest absolute Gasteiger partial charge is 0.291 e. The maximum atomic E-state index is 12.9. The maximum Gasteiger partial charge on any atom is 0.291 e. The zero-order valence-electron chi connectivity index (χ0n) is 18.0. The minimum absolute atomic E-state index is 0.00782. The molecule has 180 valence electrons. The molecule has 14 heteroatoms. The molecule has 0 radical (unpaired) electrons. The summed E-state index contributed by atoms with van der Waals surface area (Å²) in [5, 5.41) is 9.88. The number of anilines is 2. The normalized spacial score (nSPS) is 14.6. The number of carbonyl (C=O) groups excluding carboxylic acids is 1. The topological polar surface area (TPSA) is 148 Å². The molecule has 4 rings (SSSR count). The lowest BCUT2D eigenvalue weighted by Gasteiger charge is -2.17. The summed E-state index contributed by atoms with van der Waals surface area (Å²) in [7, 11) is -6.69. The molecule has 0 atom stereocenters. The van der Waals surface area contributed by atoms with Crippen molar-refractivity contribution in [3.05, 3.63) is 54.1 Å². The molecule has 0 bridgehead atoms. The summed E-state index contributed by atoms with van der Waals surface area (Å²) in [6, 6.07) is 12.3. The molecule has 11 nitrogen and oxygen atoms in total. The van der Waals surface area contributed by atoms with Crippen LogP contribution in [0.2, 0.25) is 0 Å². The number of sulfonamides is 2. The van der Waals surface area contributed by atoms with Crippen molar-refractivity contribution in [2.24, 2.45) is 0 Å². The third-order valence-corrected chi connectivity index (χ3v) is 9.48. The largest absolute Gasteiger partial charge is 0.495 e. The van der Waals surface area contributed by atoms with E-state index in [0.29, 0.717) is 30.0 Å². The molecule has 0 aliphatic carbocycles. The van der Waals surface area contributed by atoms with Crippen LogP contribution in [0.25, 0.3) is 0 Å². The predicted molar refractivity (Wildman–Crippen MR) is 126 cm³/mol. The van der Waals surface area contributed by atoms with Crippen LogP contribution in [0.1, 0.15) is 23.2 Å². The minimum atomic E-state index is -4.25. The van der Waals surface area contributed by atoms with E-state index in [2.05, 4.69) is 20.2 Å². The van der Waals surface area contributed by atoms with Crippen molar-refractivity contribution >= 4 is 48.1 Å². The summed E-state index contributed by atoms with van der Waals surface area (Å²) in [6.45, 7) is 0.829. The Balaban J connectivity index is 1.57. The van der Waals surface area contributed by atoms with Gasteiger partial charge in [-0.15, -0.1) is 10.2 Å². The third-order valence-electron chi connectivity index (χ3n) is 5.01. The molecular weight excluding hydrogens is 502 g/mol. The molecule has 0 spiro atoms. The molecule has 1 aromatic heterocycles. The fraction of sp³-hybridized carbons (Fsp3) is 0.250. The van der Waals surface area contributed by atoms with Crippen LogP contribution in [0.15, 0.2) is 57.8 Å². The van der Waals surface area contributed by atoms with E-state index in [4.69, 9.17) is 4.74 Å². The fourth-order valence-corrected chi connectivity index (χ4v) is 6.82. The Morgan fingerprint density at radius 2 is 1.74 bits per heavy atom. The highest BCUT2D eigenvalue weighted by Gasteiger charge is 2.29. The Hall–Kier alpha value is -3.07. The van der Waals surface area contributed by atoms with Crippen LogP contribution in [-0.2, 0) is 20.0 Å². The number of hydrogen-bond donors (Lipinski definition) is 2. The highest BCUT2D eigenvalue weighted by Crippen LogP contribution is 2.32. The lowest BCUT2D eigenvalue weighted by atomic mass is 10.2. The summed E-state index contributed by atoms with van der Waals surface area (Å²) in [4.78, 5) is 12.2. The summed E-state index contributed by atoms with van der Waals surface area (Å²) >= 11 is 0.654. The lowest BCUT2D eigenvalue weighted by Crippen LogP contribution is -2.28. The number of rotatable bonds is 8. The number of aromatic nitrogens is 2. The Morgan fingerprint density at radius 3 is 2.41 bits per heavy atom. The van der Waals surface area contributed by atoms with Gasteiger partial charge in [0.05, 0.1) is 17.7 Å². The van der Waals surface area contributed by atoms with Crippen molar-refractivity contribution in [2.45, 2.75) is 22.1 Å². The van der Waals surface area contributed by atoms with Gasteiger partial charge in [-0.05, 0) is 43.2 Å². The Morgan fingerprint density at radius 1 is 1.03 bits per heavy atom. The zero-order valence-corrected chi connectivity index (χ0v) is 20.4. The molecule has 2 aromatic carbocycles. The second-order valence-electron chi connectivity index (χ2n) is 7.27. The van der Waals surface area contributed by atoms with Crippen LogP contribution in [0.3, 0.4) is 0 Å². The number of nitrogens with zero attached hydrogens (tertiary/aromatic N) is 3. The second kappa shape index (κ2) is 9.66. The molecule has 34 heavy (non-hydrogen) atoms. The maximum absolute atomic E-state index is 12.9. The van der Waals surface area contributed by atoms with Gasteiger partial charge < -0.3 is 4.74 Å². The first kappa shape index (κ1) is 24.1. The van der Waals surface area contributed by atoms with Gasteiger partial charge in [-0.25, -0.2) is 8.42 Å². The first-order valence-corrected chi connectivity index (χ1v) is 13.9. The van der Waals surface area contributed by atoms with E-state index in [-0.39, 0.29) is 21.5 Å². The molecule has 0 saturated carbocycles. The number of methoxy groups -OCH3 is 1. The molecule has 0 unspecified atom stereocenters. The number of nitrogens with one attached hydrogen (secondary N) is 2. The highest BCUT2D eigenvalue weighted by molar-refractivity contribution is 7.94. The first-order chi connectivity index (χ1) is 16.2. The summed E-state index contributed by atoms with van der Waals surface area (Å²) in [6.07, 6.45) is 1.55. The molecule has 1 amide bonds. The summed E-state index contributed by atoms with van der Waals surface area (Å²) in [5.41, 5.74) is 0.314. The molecule has 1 aliphatic rings. The van der Waals surface area contributed by atoms with E-state index in [1.165, 1.54) is 29.6 Å². The van der Waals surface area contributed by atoms with Gasteiger partial charge in [0.25, 0.3) is 20.3 Å². The monoisotopic (exact) mass is 523 g/mol. The zero-order chi connectivity index (χ0) is 24.3. The minimum Gasteiger partial charge on any atom is -0.495 e. The van der Waals surface area contributed by atoms with E-state index >= 15 is 0 Å². The molecule has 2 heterocycles. The van der Waals surface area contributed by atoms with Gasteiger partial charge in [-0.3, -0.25) is 14.8 Å². The van der Waals surface area contributed by atoms with E-state index in [1.54, 1.807) is 30.3 Å². The molecule has 1 aliphatic heterocycles. The number of carbonyl (C=O) groups is 1. The van der Waals surface area contributed by atoms with E-state index in [9.17, 15) is 21.6 Å². The molecule has 2 N–H and O–H groups in total. The number of ether oxygens (including phenoxy) is 1. The van der Waals surface area contributed by atoms with Gasteiger partial charge in [-0.1, -0.05) is 29.5 Å². The van der Waals surface area contributed by atoms with E-state index in [0.717, 1.165) is 12.8 Å². The third kappa shape index (κ3) is 5.04. The number of benzene rings is 2. The Kier molecular flexibility index (Phi) is 6.84. The van der Waals surface area contributed by atoms with Gasteiger partial charge in [0.2, 0.25) is 15.2 Å². The van der Waals surface area contributed by atoms with Gasteiger partial charge in [0.1, 0.15) is 5.75 Å². The van der Waals surface area contributed by atoms with Crippen LogP contribution in [0, 0.1) is 0 Å². The van der Waals surface area contributed by atoms with Crippen molar-refractivity contribution in [3.8, 4) is 5.75 Å². The van der Waals surface area contributed by atoms with Gasteiger partial charge >= 0.3 is 0 Å². The van der Waals surface area contributed by atoms with Crippen molar-refractivity contribution in [3.63, 3.8) is 0 Å². The SMILES string of the molecule is COc1ccc(S(=O)(=O)N2CCCC2)cc1NS(=O)(=O)c1nnc(NC(=O)c2ccccc2)s1. The summed E-state index contributed by atoms with van der Waals surface area (Å²) < 4.78 is 60.1. The van der Waals surface area contributed by atoms with E-state index < -0.39 is 30.3 Å². The van der Waals surface area contributed by atoms with Crippen molar-refractivity contribution in [1.82, 2.24) is 14.5 Å². The highest BCUT2D eigenvalue weighted by atomic mass is 32.2. The van der Waals surface area contributed by atoms with Crippen molar-refractivity contribution in [2.75, 3.05) is 30.2 Å². The van der Waals surface area contributed by atoms with Gasteiger partial charge in [-0.2, -0.15) is 12.7 Å². The summed E-state index contributed by atoms with van der Waals surface area (Å²) in [5.74, 6) is -0.332. The lowest BCUT2D eigenvalue weighted by molar-refractivity contribution is 0.102. The average Bonchev–Trinajstić information content (AvgIpc) is 3.53.